The Labute approximate surface area is 153 Å². The third-order valence-corrected chi connectivity index (χ3v) is 4.75. The number of amides is 1. The van der Waals surface area contributed by atoms with Crippen molar-refractivity contribution in [3.8, 4) is 0 Å². The minimum Gasteiger partial charge on any atom is -0.326 e. The molecular weight excluding hydrogens is 324 g/mol. The fourth-order valence-corrected chi connectivity index (χ4v) is 3.27. The molecule has 0 saturated carbocycles. The first kappa shape index (κ1) is 17.9. The van der Waals surface area contributed by atoms with E-state index in [1.165, 1.54) is 5.56 Å². The van der Waals surface area contributed by atoms with Crippen molar-refractivity contribution < 1.29 is 4.79 Å². The van der Waals surface area contributed by atoms with Gasteiger partial charge < -0.3 is 9.88 Å². The smallest absolute Gasteiger partial charge is 0.251 e. The molecule has 0 aliphatic carbocycles. The van der Waals surface area contributed by atoms with E-state index in [0.29, 0.717) is 6.54 Å². The van der Waals surface area contributed by atoms with Gasteiger partial charge in [0.15, 0.2) is 0 Å². The Morgan fingerprint density at radius 3 is 2.46 bits per heavy atom. The molecule has 0 saturated heterocycles. The van der Waals surface area contributed by atoms with E-state index in [2.05, 4.69) is 12.2 Å². The summed E-state index contributed by atoms with van der Waals surface area (Å²) in [6, 6.07) is 15.5. The Morgan fingerprint density at radius 1 is 1.04 bits per heavy atom. The lowest BCUT2D eigenvalue weighted by Crippen LogP contribution is -2.24. The Morgan fingerprint density at radius 2 is 1.77 bits per heavy atom. The van der Waals surface area contributed by atoms with Crippen LogP contribution >= 0.6 is 0 Å². The number of rotatable bonds is 5. The van der Waals surface area contributed by atoms with Crippen LogP contribution in [0.2, 0.25) is 0 Å². The second kappa shape index (κ2) is 7.56. The Balaban J connectivity index is 1.79. The predicted molar refractivity (Wildman–Crippen MR) is 107 cm³/mol. The van der Waals surface area contributed by atoms with E-state index in [0.717, 1.165) is 34.1 Å². The fraction of sp³-hybridized carbons (Fsp3) is 0.273. The van der Waals surface area contributed by atoms with E-state index < -0.39 is 0 Å². The minimum atomic E-state index is -0.0940. The molecule has 0 atom stereocenters. The third kappa shape index (κ3) is 3.69. The number of aryl methyl sites for hydroxylation is 4. The number of nitrogens with one attached hydrogen (secondary N) is 1. The summed E-state index contributed by atoms with van der Waals surface area (Å²) in [6.45, 7) is 6.39. The Bertz CT molecular complexity index is 1000. The van der Waals surface area contributed by atoms with Crippen LogP contribution in [-0.4, -0.2) is 10.5 Å². The van der Waals surface area contributed by atoms with Gasteiger partial charge in [-0.15, -0.1) is 0 Å². The maximum absolute atomic E-state index is 12.5. The van der Waals surface area contributed by atoms with E-state index in [4.69, 9.17) is 0 Å². The molecule has 0 unspecified atom stereocenters. The number of hydrogen-bond acceptors (Lipinski definition) is 2. The number of carbonyl (C=O) groups is 1. The first-order valence-corrected chi connectivity index (χ1v) is 8.98. The van der Waals surface area contributed by atoms with Crippen molar-refractivity contribution >= 4 is 22.5 Å². The van der Waals surface area contributed by atoms with E-state index in [1.807, 2.05) is 56.3 Å². The van der Waals surface area contributed by atoms with Crippen LogP contribution in [0.5, 0.6) is 0 Å². The van der Waals surface area contributed by atoms with Gasteiger partial charge in [-0.25, -0.2) is 0 Å². The topological polar surface area (TPSA) is 51.1 Å². The normalized spacial score (nSPS) is 10.9. The second-order valence-corrected chi connectivity index (χ2v) is 6.64. The van der Waals surface area contributed by atoms with Gasteiger partial charge in [-0.2, -0.15) is 0 Å². The van der Waals surface area contributed by atoms with Gasteiger partial charge >= 0.3 is 0 Å². The average Bonchev–Trinajstić information content (AvgIpc) is 2.62. The lowest BCUT2D eigenvalue weighted by molar-refractivity contribution is -0.116. The largest absolute Gasteiger partial charge is 0.326 e. The maximum atomic E-state index is 12.5. The molecule has 0 spiro atoms. The molecule has 0 radical (unpaired) electrons. The number of aromatic nitrogens is 1. The number of para-hydroxylation sites is 1. The maximum Gasteiger partial charge on any atom is 0.251 e. The Hall–Kier alpha value is -2.88. The van der Waals surface area contributed by atoms with Crippen molar-refractivity contribution in [2.75, 3.05) is 5.32 Å². The predicted octanol–water partition coefficient (Wildman–Crippen LogP) is 4.21. The number of anilines is 1. The number of benzene rings is 2. The van der Waals surface area contributed by atoms with Gasteiger partial charge in [0.2, 0.25) is 5.91 Å². The molecule has 0 aliphatic heterocycles. The van der Waals surface area contributed by atoms with Crippen LogP contribution < -0.4 is 10.9 Å². The summed E-state index contributed by atoms with van der Waals surface area (Å²) in [5.74, 6) is -0.0940. The van der Waals surface area contributed by atoms with E-state index >= 15 is 0 Å². The van der Waals surface area contributed by atoms with Gasteiger partial charge in [-0.05, 0) is 49.1 Å². The number of carbonyl (C=O) groups excluding carboxylic acids is 1. The average molecular weight is 348 g/mol. The van der Waals surface area contributed by atoms with Gasteiger partial charge in [0.25, 0.3) is 5.56 Å². The molecule has 134 valence electrons. The molecule has 4 nitrogen and oxygen atoms in total. The summed E-state index contributed by atoms with van der Waals surface area (Å²) in [5.41, 5.74) is 4.87. The summed E-state index contributed by atoms with van der Waals surface area (Å²) in [5, 5.41) is 3.96. The van der Waals surface area contributed by atoms with Gasteiger partial charge in [0.05, 0.1) is 5.52 Å². The molecule has 2 aromatic carbocycles. The fourth-order valence-electron chi connectivity index (χ4n) is 3.27. The van der Waals surface area contributed by atoms with Gasteiger partial charge in [-0.3, -0.25) is 9.59 Å². The lowest BCUT2D eigenvalue weighted by Gasteiger charge is -2.14. The van der Waals surface area contributed by atoms with E-state index in [9.17, 15) is 9.59 Å². The zero-order valence-electron chi connectivity index (χ0n) is 15.5. The molecule has 1 aromatic heterocycles. The van der Waals surface area contributed by atoms with Crippen molar-refractivity contribution in [2.45, 2.75) is 40.2 Å². The van der Waals surface area contributed by atoms with Crippen molar-refractivity contribution in [3.63, 3.8) is 0 Å². The number of nitrogens with zero attached hydrogens (tertiary/aromatic N) is 1. The molecular formula is C22H24N2O2. The van der Waals surface area contributed by atoms with E-state index in [1.54, 1.807) is 10.6 Å². The van der Waals surface area contributed by atoms with E-state index in [-0.39, 0.29) is 17.9 Å². The zero-order chi connectivity index (χ0) is 18.7. The SMILES string of the molecule is CCc1ccc(NC(=O)CCn2c(=O)cc(C)c3cccc(C)c32)cc1. The van der Waals surface area contributed by atoms with Crippen molar-refractivity contribution in [2.24, 2.45) is 0 Å². The molecule has 0 fully saturated rings. The highest BCUT2D eigenvalue weighted by molar-refractivity contribution is 5.91. The van der Waals surface area contributed by atoms with Crippen LogP contribution in [0.15, 0.2) is 53.3 Å². The molecule has 0 aliphatic rings. The van der Waals surface area contributed by atoms with Gasteiger partial charge in [-0.1, -0.05) is 37.3 Å². The highest BCUT2D eigenvalue weighted by atomic mass is 16.1. The molecule has 3 rings (SSSR count). The molecule has 1 heterocycles. The molecule has 1 amide bonds. The summed E-state index contributed by atoms with van der Waals surface area (Å²) >= 11 is 0. The van der Waals surface area contributed by atoms with Crippen molar-refractivity contribution in [1.29, 1.82) is 0 Å². The number of hydrogen-bond donors (Lipinski definition) is 1. The van der Waals surface area contributed by atoms with Gasteiger partial charge in [0.1, 0.15) is 0 Å². The third-order valence-electron chi connectivity index (χ3n) is 4.75. The first-order valence-electron chi connectivity index (χ1n) is 8.98. The molecule has 3 aromatic rings. The monoisotopic (exact) mass is 348 g/mol. The highest BCUT2D eigenvalue weighted by Crippen LogP contribution is 2.20. The summed E-state index contributed by atoms with van der Waals surface area (Å²) in [7, 11) is 0. The number of pyridine rings is 1. The number of fused-ring (bicyclic) bond motifs is 1. The molecule has 4 heteroatoms. The van der Waals surface area contributed by atoms with Crippen LogP contribution in [-0.2, 0) is 17.8 Å². The van der Waals surface area contributed by atoms with Crippen LogP contribution in [0.3, 0.4) is 0 Å². The van der Waals surface area contributed by atoms with Crippen molar-refractivity contribution in [1.82, 2.24) is 4.57 Å². The van der Waals surface area contributed by atoms with Crippen LogP contribution in [0.25, 0.3) is 10.9 Å². The summed E-state index contributed by atoms with van der Waals surface area (Å²) in [4.78, 5) is 24.8. The molecule has 0 bridgehead atoms. The second-order valence-electron chi connectivity index (χ2n) is 6.64. The van der Waals surface area contributed by atoms with Crippen molar-refractivity contribution in [3.05, 3.63) is 75.6 Å². The van der Waals surface area contributed by atoms with Crippen LogP contribution in [0.1, 0.15) is 30.0 Å². The minimum absolute atomic E-state index is 0.0654. The molecule has 26 heavy (non-hydrogen) atoms. The van der Waals surface area contributed by atoms with Crippen LogP contribution in [0, 0.1) is 13.8 Å². The summed E-state index contributed by atoms with van der Waals surface area (Å²) in [6.07, 6.45) is 1.22. The lowest BCUT2D eigenvalue weighted by atomic mass is 10.1. The standard InChI is InChI=1S/C22H24N2O2/c1-4-17-8-10-18(11-9-17)23-20(25)12-13-24-21(26)14-16(3)19-7-5-6-15(2)22(19)24/h5-11,14H,4,12-13H2,1-3H3,(H,23,25). The summed E-state index contributed by atoms with van der Waals surface area (Å²) < 4.78 is 1.71. The quantitative estimate of drug-likeness (QED) is 0.751. The van der Waals surface area contributed by atoms with Gasteiger partial charge in [0, 0.05) is 30.1 Å². The molecule has 1 N–H and O–H groups in total. The zero-order valence-corrected chi connectivity index (χ0v) is 15.5. The highest BCUT2D eigenvalue weighted by Gasteiger charge is 2.10. The first-order chi connectivity index (χ1) is 12.5. The Kier molecular flexibility index (Phi) is 5.21. The van der Waals surface area contributed by atoms with Crippen LogP contribution in [0.4, 0.5) is 5.69 Å².